The molecular formula is C15H22ClN3O. The molecule has 1 aromatic rings. The van der Waals surface area contributed by atoms with Gasteiger partial charge >= 0.3 is 0 Å². The lowest BCUT2D eigenvalue weighted by Gasteiger charge is -2.31. The number of nitrogens with two attached hydrogens (primary N) is 2. The number of primary amides is 1. The Balaban J connectivity index is 2.17. The fourth-order valence-corrected chi connectivity index (χ4v) is 3.13. The van der Waals surface area contributed by atoms with Crippen molar-refractivity contribution in [1.29, 1.82) is 0 Å². The van der Waals surface area contributed by atoms with Gasteiger partial charge in [0, 0.05) is 23.3 Å². The third-order valence-corrected chi connectivity index (χ3v) is 4.30. The molecule has 1 atom stereocenters. The van der Waals surface area contributed by atoms with Crippen molar-refractivity contribution in [2.75, 3.05) is 11.9 Å². The van der Waals surface area contributed by atoms with Crippen molar-refractivity contribution >= 4 is 23.2 Å². The van der Waals surface area contributed by atoms with Gasteiger partial charge in [-0.15, -0.1) is 0 Å². The van der Waals surface area contributed by atoms with Crippen molar-refractivity contribution in [2.45, 2.75) is 38.1 Å². The van der Waals surface area contributed by atoms with Crippen LogP contribution in [0.1, 0.15) is 42.5 Å². The van der Waals surface area contributed by atoms with E-state index in [1.807, 2.05) is 0 Å². The van der Waals surface area contributed by atoms with Crippen molar-refractivity contribution in [2.24, 2.45) is 17.4 Å². The van der Waals surface area contributed by atoms with Gasteiger partial charge in [-0.05, 0) is 37.0 Å². The van der Waals surface area contributed by atoms with Gasteiger partial charge in [0.2, 0.25) is 0 Å². The molecule has 5 heteroatoms. The van der Waals surface area contributed by atoms with Crippen molar-refractivity contribution in [3.8, 4) is 0 Å². The number of amides is 1. The van der Waals surface area contributed by atoms with Gasteiger partial charge in [-0.2, -0.15) is 0 Å². The number of anilines is 1. The molecule has 1 aliphatic carbocycles. The summed E-state index contributed by atoms with van der Waals surface area (Å²) >= 11 is 6.01. The van der Waals surface area contributed by atoms with E-state index in [4.69, 9.17) is 23.1 Å². The lowest BCUT2D eigenvalue weighted by molar-refractivity contribution is 0.100. The molecule has 1 aliphatic rings. The standard InChI is InChI=1S/C15H22ClN3O/c16-11-6-7-12(15(18)20)13(8-11)19-14(9-17)10-4-2-1-3-5-10/h6-8,10,14,19H,1-5,9,17H2,(H2,18,20). The topological polar surface area (TPSA) is 81.1 Å². The summed E-state index contributed by atoms with van der Waals surface area (Å²) in [5.74, 6) is 0.0945. The molecule has 1 saturated carbocycles. The van der Waals surface area contributed by atoms with Gasteiger partial charge < -0.3 is 16.8 Å². The molecular weight excluding hydrogens is 274 g/mol. The Morgan fingerprint density at radius 2 is 2.05 bits per heavy atom. The van der Waals surface area contributed by atoms with Crippen LogP contribution in [0.3, 0.4) is 0 Å². The third-order valence-electron chi connectivity index (χ3n) is 4.06. The van der Waals surface area contributed by atoms with Crippen LogP contribution < -0.4 is 16.8 Å². The lowest BCUT2D eigenvalue weighted by Crippen LogP contribution is -2.38. The maximum absolute atomic E-state index is 11.5. The highest BCUT2D eigenvalue weighted by atomic mass is 35.5. The van der Waals surface area contributed by atoms with E-state index in [9.17, 15) is 4.79 Å². The number of hydrogen-bond donors (Lipinski definition) is 3. The number of carbonyl (C=O) groups excluding carboxylic acids is 1. The summed E-state index contributed by atoms with van der Waals surface area (Å²) in [6, 6.07) is 5.23. The maximum Gasteiger partial charge on any atom is 0.250 e. The fourth-order valence-electron chi connectivity index (χ4n) is 2.96. The largest absolute Gasteiger partial charge is 0.380 e. The molecule has 1 aromatic carbocycles. The van der Waals surface area contributed by atoms with E-state index in [2.05, 4.69) is 5.32 Å². The van der Waals surface area contributed by atoms with E-state index in [0.29, 0.717) is 28.7 Å². The number of rotatable bonds is 5. The molecule has 5 N–H and O–H groups in total. The SMILES string of the molecule is NCC(Nc1cc(Cl)ccc1C(N)=O)C1CCCCC1. The van der Waals surface area contributed by atoms with Crippen LogP contribution in [0.2, 0.25) is 5.02 Å². The third kappa shape index (κ3) is 3.64. The van der Waals surface area contributed by atoms with Crippen molar-refractivity contribution in [3.63, 3.8) is 0 Å². The Labute approximate surface area is 124 Å². The Morgan fingerprint density at radius 3 is 2.65 bits per heavy atom. The molecule has 4 nitrogen and oxygen atoms in total. The van der Waals surface area contributed by atoms with Crippen LogP contribution in [-0.4, -0.2) is 18.5 Å². The summed E-state index contributed by atoms with van der Waals surface area (Å²) in [4.78, 5) is 11.5. The zero-order valence-corrected chi connectivity index (χ0v) is 12.3. The Bertz CT molecular complexity index is 472. The highest BCUT2D eigenvalue weighted by Gasteiger charge is 2.23. The smallest absolute Gasteiger partial charge is 0.250 e. The molecule has 0 aliphatic heterocycles. The first-order chi connectivity index (χ1) is 9.61. The molecule has 1 fully saturated rings. The van der Waals surface area contributed by atoms with E-state index in [1.165, 1.54) is 32.1 Å². The van der Waals surface area contributed by atoms with Gasteiger partial charge in [-0.25, -0.2) is 0 Å². The predicted octanol–water partition coefficient (Wildman–Crippen LogP) is 2.76. The fraction of sp³-hybridized carbons (Fsp3) is 0.533. The summed E-state index contributed by atoms with van der Waals surface area (Å²) in [6.07, 6.45) is 6.17. The molecule has 0 aromatic heterocycles. The number of nitrogens with one attached hydrogen (secondary N) is 1. The quantitative estimate of drug-likeness (QED) is 0.781. The normalized spacial score (nSPS) is 17.7. The van der Waals surface area contributed by atoms with Crippen LogP contribution in [-0.2, 0) is 0 Å². The minimum absolute atomic E-state index is 0.159. The second-order valence-corrected chi connectivity index (χ2v) is 5.88. The summed E-state index contributed by atoms with van der Waals surface area (Å²) in [7, 11) is 0. The van der Waals surface area contributed by atoms with E-state index in [1.54, 1.807) is 18.2 Å². The van der Waals surface area contributed by atoms with Crippen molar-refractivity contribution < 1.29 is 4.79 Å². The Morgan fingerprint density at radius 1 is 1.35 bits per heavy atom. The van der Waals surface area contributed by atoms with Gasteiger partial charge in [0.1, 0.15) is 0 Å². The van der Waals surface area contributed by atoms with E-state index >= 15 is 0 Å². The molecule has 0 heterocycles. The minimum atomic E-state index is -0.455. The van der Waals surface area contributed by atoms with Crippen LogP contribution in [0.15, 0.2) is 18.2 Å². The predicted molar refractivity (Wildman–Crippen MR) is 83.0 cm³/mol. The second kappa shape index (κ2) is 6.95. The van der Waals surface area contributed by atoms with E-state index in [-0.39, 0.29) is 6.04 Å². The second-order valence-electron chi connectivity index (χ2n) is 5.44. The molecule has 0 radical (unpaired) electrons. The maximum atomic E-state index is 11.5. The lowest BCUT2D eigenvalue weighted by atomic mass is 9.83. The highest BCUT2D eigenvalue weighted by Crippen LogP contribution is 2.29. The Hall–Kier alpha value is -1.26. The molecule has 110 valence electrons. The van der Waals surface area contributed by atoms with Crippen LogP contribution in [0.4, 0.5) is 5.69 Å². The Kier molecular flexibility index (Phi) is 5.26. The summed E-state index contributed by atoms with van der Waals surface area (Å²) in [5.41, 5.74) is 12.5. The molecule has 20 heavy (non-hydrogen) atoms. The first-order valence-electron chi connectivity index (χ1n) is 7.17. The van der Waals surface area contributed by atoms with Crippen LogP contribution in [0.25, 0.3) is 0 Å². The van der Waals surface area contributed by atoms with Crippen LogP contribution in [0, 0.1) is 5.92 Å². The van der Waals surface area contributed by atoms with Gasteiger partial charge in [-0.1, -0.05) is 30.9 Å². The zero-order chi connectivity index (χ0) is 14.5. The van der Waals surface area contributed by atoms with Crippen LogP contribution >= 0.6 is 11.6 Å². The summed E-state index contributed by atoms with van der Waals surface area (Å²) in [5, 5.41) is 3.96. The zero-order valence-electron chi connectivity index (χ0n) is 11.6. The van der Waals surface area contributed by atoms with Gasteiger partial charge in [0.25, 0.3) is 5.91 Å². The number of carbonyl (C=O) groups is 1. The summed E-state index contributed by atoms with van der Waals surface area (Å²) < 4.78 is 0. The monoisotopic (exact) mass is 295 g/mol. The molecule has 1 amide bonds. The highest BCUT2D eigenvalue weighted by molar-refractivity contribution is 6.31. The van der Waals surface area contributed by atoms with E-state index in [0.717, 1.165) is 0 Å². The molecule has 2 rings (SSSR count). The average Bonchev–Trinajstić information content (AvgIpc) is 2.45. The molecule has 0 bridgehead atoms. The van der Waals surface area contributed by atoms with Gasteiger partial charge in [-0.3, -0.25) is 4.79 Å². The van der Waals surface area contributed by atoms with Gasteiger partial charge in [0.15, 0.2) is 0 Å². The minimum Gasteiger partial charge on any atom is -0.380 e. The summed E-state index contributed by atoms with van der Waals surface area (Å²) in [6.45, 7) is 0.537. The number of halogens is 1. The van der Waals surface area contributed by atoms with Crippen LogP contribution in [0.5, 0.6) is 0 Å². The molecule has 0 spiro atoms. The molecule has 0 saturated heterocycles. The average molecular weight is 296 g/mol. The number of benzene rings is 1. The van der Waals surface area contributed by atoms with Crippen molar-refractivity contribution in [1.82, 2.24) is 0 Å². The van der Waals surface area contributed by atoms with Crippen molar-refractivity contribution in [3.05, 3.63) is 28.8 Å². The first-order valence-corrected chi connectivity index (χ1v) is 7.55. The van der Waals surface area contributed by atoms with E-state index < -0.39 is 5.91 Å². The number of hydrogen-bond acceptors (Lipinski definition) is 3. The molecule has 1 unspecified atom stereocenters. The first kappa shape index (κ1) is 15.1. The van der Waals surface area contributed by atoms with Gasteiger partial charge in [0.05, 0.1) is 5.56 Å².